The van der Waals surface area contributed by atoms with Crippen molar-refractivity contribution in [3.63, 3.8) is 0 Å². The van der Waals surface area contributed by atoms with E-state index in [1.165, 1.54) is 42.5 Å². The summed E-state index contributed by atoms with van der Waals surface area (Å²) in [6, 6.07) is 0. The summed E-state index contributed by atoms with van der Waals surface area (Å²) in [5, 5.41) is 0. The molecule has 0 amide bonds. The Hall–Kier alpha value is -1.18. The summed E-state index contributed by atoms with van der Waals surface area (Å²) < 4.78 is 0. The molecule has 0 saturated carbocycles. The van der Waals surface area contributed by atoms with Crippen LogP contribution in [0.15, 0.2) is 35.7 Å². The zero-order valence-electron chi connectivity index (χ0n) is 16.4. The molecule has 1 rings (SSSR count). The monoisotopic (exact) mass is 318 g/mol. The summed E-state index contributed by atoms with van der Waals surface area (Å²) in [5.41, 5.74) is 4.30. The number of hydrogen-bond acceptors (Lipinski definition) is 2. The first-order valence-electron chi connectivity index (χ1n) is 9.47. The second-order valence-corrected chi connectivity index (χ2v) is 6.95. The van der Waals surface area contributed by atoms with E-state index in [2.05, 4.69) is 70.3 Å². The van der Waals surface area contributed by atoms with Crippen molar-refractivity contribution in [2.75, 3.05) is 26.7 Å². The Morgan fingerprint density at radius 1 is 1.35 bits per heavy atom. The molecular weight excluding hydrogens is 280 g/mol. The van der Waals surface area contributed by atoms with E-state index in [1.54, 1.807) is 0 Å². The van der Waals surface area contributed by atoms with Gasteiger partial charge in [0.05, 0.1) is 0 Å². The second-order valence-electron chi connectivity index (χ2n) is 6.95. The minimum absolute atomic E-state index is 0.635. The molecule has 132 valence electrons. The zero-order chi connectivity index (χ0) is 17.4. The fraction of sp³-hybridized carbons (Fsp3) is 0.714. The molecule has 0 spiro atoms. The SMILES string of the molecule is C=C(C(CC)CCC)N1CCC(C(=C/N(C)CC)/C(C)=C/C)C1. The molecule has 1 aliphatic rings. The average Bonchev–Trinajstić information content (AvgIpc) is 3.05. The Bertz CT molecular complexity index is 433. The van der Waals surface area contributed by atoms with E-state index in [0.717, 1.165) is 19.6 Å². The molecule has 2 heteroatoms. The summed E-state index contributed by atoms with van der Waals surface area (Å²) >= 11 is 0. The van der Waals surface area contributed by atoms with Crippen LogP contribution in [0.25, 0.3) is 0 Å². The molecule has 2 nitrogen and oxygen atoms in total. The van der Waals surface area contributed by atoms with Crippen molar-refractivity contribution in [3.05, 3.63) is 35.7 Å². The lowest BCUT2D eigenvalue weighted by Crippen LogP contribution is -2.25. The van der Waals surface area contributed by atoms with Gasteiger partial charge >= 0.3 is 0 Å². The van der Waals surface area contributed by atoms with Gasteiger partial charge in [0.2, 0.25) is 0 Å². The molecule has 0 N–H and O–H groups in total. The van der Waals surface area contributed by atoms with Crippen molar-refractivity contribution in [1.29, 1.82) is 0 Å². The highest BCUT2D eigenvalue weighted by Crippen LogP contribution is 2.33. The molecule has 23 heavy (non-hydrogen) atoms. The lowest BCUT2D eigenvalue weighted by molar-refractivity contribution is 0.338. The summed E-state index contributed by atoms with van der Waals surface area (Å²) in [4.78, 5) is 4.85. The summed E-state index contributed by atoms with van der Waals surface area (Å²) in [6.07, 6.45) is 9.58. The minimum Gasteiger partial charge on any atom is -0.380 e. The van der Waals surface area contributed by atoms with E-state index in [-0.39, 0.29) is 0 Å². The Morgan fingerprint density at radius 3 is 2.57 bits per heavy atom. The van der Waals surface area contributed by atoms with Gasteiger partial charge in [-0.1, -0.05) is 38.5 Å². The van der Waals surface area contributed by atoms with Crippen LogP contribution >= 0.6 is 0 Å². The van der Waals surface area contributed by atoms with E-state index in [0.29, 0.717) is 11.8 Å². The summed E-state index contributed by atoms with van der Waals surface area (Å²) in [6.45, 7) is 19.0. The molecule has 0 aromatic carbocycles. The Labute approximate surface area is 144 Å². The summed E-state index contributed by atoms with van der Waals surface area (Å²) in [5.74, 6) is 1.29. The van der Waals surface area contributed by atoms with Gasteiger partial charge in [-0.3, -0.25) is 0 Å². The van der Waals surface area contributed by atoms with Crippen LogP contribution in [0.1, 0.15) is 60.3 Å². The van der Waals surface area contributed by atoms with Crippen LogP contribution in [0, 0.1) is 11.8 Å². The van der Waals surface area contributed by atoms with E-state index >= 15 is 0 Å². The van der Waals surface area contributed by atoms with Gasteiger partial charge < -0.3 is 9.80 Å². The van der Waals surface area contributed by atoms with Crippen LogP contribution in [0.3, 0.4) is 0 Å². The van der Waals surface area contributed by atoms with Crippen LogP contribution in [-0.4, -0.2) is 36.5 Å². The van der Waals surface area contributed by atoms with E-state index in [1.807, 2.05) is 0 Å². The molecule has 0 aliphatic carbocycles. The smallest absolute Gasteiger partial charge is 0.0245 e. The molecule has 0 aromatic rings. The number of hydrogen-bond donors (Lipinski definition) is 0. The summed E-state index contributed by atoms with van der Waals surface area (Å²) in [7, 11) is 2.17. The Morgan fingerprint density at radius 2 is 2.04 bits per heavy atom. The maximum Gasteiger partial charge on any atom is 0.0245 e. The van der Waals surface area contributed by atoms with Gasteiger partial charge in [-0.2, -0.15) is 0 Å². The Balaban J connectivity index is 2.84. The van der Waals surface area contributed by atoms with Gasteiger partial charge in [0, 0.05) is 44.5 Å². The first kappa shape index (κ1) is 19.9. The van der Waals surface area contributed by atoms with Gasteiger partial charge in [-0.15, -0.1) is 0 Å². The molecular formula is C21H38N2. The van der Waals surface area contributed by atoms with Crippen LogP contribution < -0.4 is 0 Å². The number of allylic oxidation sites excluding steroid dienone is 3. The maximum atomic E-state index is 4.44. The predicted octanol–water partition coefficient (Wildman–Crippen LogP) is 5.45. The normalized spacial score (nSPS) is 20.8. The topological polar surface area (TPSA) is 6.48 Å². The molecule has 1 heterocycles. The fourth-order valence-electron chi connectivity index (χ4n) is 3.51. The van der Waals surface area contributed by atoms with Gasteiger partial charge in [-0.25, -0.2) is 0 Å². The Kier molecular flexibility index (Phi) is 8.51. The van der Waals surface area contributed by atoms with Crippen LogP contribution in [0.5, 0.6) is 0 Å². The molecule has 1 saturated heterocycles. The van der Waals surface area contributed by atoms with E-state index in [9.17, 15) is 0 Å². The quantitative estimate of drug-likeness (QED) is 0.522. The lowest BCUT2D eigenvalue weighted by atomic mass is 9.92. The lowest BCUT2D eigenvalue weighted by Gasteiger charge is -2.28. The molecule has 1 aliphatic heterocycles. The van der Waals surface area contributed by atoms with Crippen LogP contribution in [0.4, 0.5) is 0 Å². The third-order valence-corrected chi connectivity index (χ3v) is 5.38. The van der Waals surface area contributed by atoms with Crippen molar-refractivity contribution in [3.8, 4) is 0 Å². The highest BCUT2D eigenvalue weighted by molar-refractivity contribution is 5.32. The zero-order valence-corrected chi connectivity index (χ0v) is 16.4. The van der Waals surface area contributed by atoms with Crippen LogP contribution in [0.2, 0.25) is 0 Å². The van der Waals surface area contributed by atoms with Gasteiger partial charge in [0.1, 0.15) is 0 Å². The van der Waals surface area contributed by atoms with Gasteiger partial charge in [-0.05, 0) is 51.5 Å². The van der Waals surface area contributed by atoms with Crippen molar-refractivity contribution in [1.82, 2.24) is 9.80 Å². The average molecular weight is 319 g/mol. The van der Waals surface area contributed by atoms with Gasteiger partial charge in [0.15, 0.2) is 0 Å². The highest BCUT2D eigenvalue weighted by Gasteiger charge is 2.28. The standard InChI is InChI=1S/C21H38N2/c1-8-12-19(10-3)18(6)23-14-13-20(15-23)21(17(5)9-2)16-22(7)11-4/h9,16,19-20H,6,8,10-15H2,1-5,7H3/b17-9+,21-16+. The molecule has 0 radical (unpaired) electrons. The van der Waals surface area contributed by atoms with E-state index < -0.39 is 0 Å². The maximum absolute atomic E-state index is 4.44. The third kappa shape index (κ3) is 5.44. The number of likely N-dealkylation sites (tertiary alicyclic amines) is 1. The van der Waals surface area contributed by atoms with Crippen LogP contribution in [-0.2, 0) is 0 Å². The number of rotatable bonds is 9. The minimum atomic E-state index is 0.635. The highest BCUT2D eigenvalue weighted by atomic mass is 15.2. The fourth-order valence-corrected chi connectivity index (χ4v) is 3.51. The number of nitrogens with zero attached hydrogens (tertiary/aromatic N) is 2. The van der Waals surface area contributed by atoms with Crippen molar-refractivity contribution >= 4 is 0 Å². The van der Waals surface area contributed by atoms with Crippen molar-refractivity contribution in [2.24, 2.45) is 11.8 Å². The molecule has 1 fully saturated rings. The third-order valence-electron chi connectivity index (χ3n) is 5.38. The largest absolute Gasteiger partial charge is 0.380 e. The molecule has 2 unspecified atom stereocenters. The van der Waals surface area contributed by atoms with Crippen molar-refractivity contribution in [2.45, 2.75) is 60.3 Å². The first-order valence-corrected chi connectivity index (χ1v) is 9.47. The van der Waals surface area contributed by atoms with Gasteiger partial charge in [0.25, 0.3) is 0 Å². The van der Waals surface area contributed by atoms with Crippen molar-refractivity contribution < 1.29 is 0 Å². The predicted molar refractivity (Wildman–Crippen MR) is 103 cm³/mol. The molecule has 0 bridgehead atoms. The second kappa shape index (κ2) is 9.85. The molecule has 0 aromatic heterocycles. The molecule has 2 atom stereocenters. The van der Waals surface area contributed by atoms with E-state index in [4.69, 9.17) is 0 Å². The first-order chi connectivity index (χ1) is 11.0.